The maximum atomic E-state index is 11.7. The highest BCUT2D eigenvalue weighted by atomic mass is 35.5. The Balaban J connectivity index is 1.93. The van der Waals surface area contributed by atoms with Crippen molar-refractivity contribution < 1.29 is 4.79 Å². The summed E-state index contributed by atoms with van der Waals surface area (Å²) in [7, 11) is 0. The van der Waals surface area contributed by atoms with Crippen molar-refractivity contribution in [3.8, 4) is 0 Å². The van der Waals surface area contributed by atoms with Crippen molar-refractivity contribution in [1.82, 2.24) is 15.1 Å². The summed E-state index contributed by atoms with van der Waals surface area (Å²) in [5.74, 6) is 0.741. The zero-order valence-corrected chi connectivity index (χ0v) is 10.7. The molecule has 1 aromatic rings. The molecule has 4 nitrogen and oxygen atoms in total. The lowest BCUT2D eigenvalue weighted by Crippen LogP contribution is -2.24. The summed E-state index contributed by atoms with van der Waals surface area (Å²) >= 11 is 7.04. The van der Waals surface area contributed by atoms with Crippen LogP contribution in [0.3, 0.4) is 0 Å². The van der Waals surface area contributed by atoms with Gasteiger partial charge in [0.2, 0.25) is 10.4 Å². The quantitative estimate of drug-likeness (QED) is 0.834. The summed E-state index contributed by atoms with van der Waals surface area (Å²) in [6, 6.07) is 0. The first-order chi connectivity index (χ1) is 7.69. The lowest BCUT2D eigenvalue weighted by atomic mass is 10.0. The molecule has 0 aliphatic carbocycles. The minimum absolute atomic E-state index is 0.227. The Morgan fingerprint density at radius 1 is 1.56 bits per heavy atom. The molecular weight excluding hydrogens is 246 g/mol. The number of rotatable bonds is 4. The fraction of sp³-hybridized carbons (Fsp3) is 0.700. The molecule has 1 amide bonds. The number of halogens is 1. The van der Waals surface area contributed by atoms with Gasteiger partial charge in [-0.1, -0.05) is 24.7 Å². The SMILES string of the molecule is CCCC1CC(=O)N(Cc2nnc(Cl)s2)C1. The van der Waals surface area contributed by atoms with Crippen LogP contribution in [0.5, 0.6) is 0 Å². The van der Waals surface area contributed by atoms with Crippen LogP contribution < -0.4 is 0 Å². The Morgan fingerprint density at radius 2 is 2.38 bits per heavy atom. The lowest BCUT2D eigenvalue weighted by Gasteiger charge is -2.14. The fourth-order valence-electron chi connectivity index (χ4n) is 2.07. The highest BCUT2D eigenvalue weighted by Gasteiger charge is 2.29. The smallest absolute Gasteiger partial charge is 0.223 e. The molecule has 2 heterocycles. The Hall–Kier alpha value is -0.680. The highest BCUT2D eigenvalue weighted by Crippen LogP contribution is 2.25. The van der Waals surface area contributed by atoms with E-state index in [1.807, 2.05) is 4.90 Å². The van der Waals surface area contributed by atoms with E-state index in [9.17, 15) is 4.79 Å². The number of likely N-dealkylation sites (tertiary alicyclic amines) is 1. The molecule has 0 aromatic carbocycles. The zero-order chi connectivity index (χ0) is 11.5. The van der Waals surface area contributed by atoms with E-state index < -0.39 is 0 Å². The Morgan fingerprint density at radius 3 is 3.00 bits per heavy atom. The summed E-state index contributed by atoms with van der Waals surface area (Å²) in [5.41, 5.74) is 0. The van der Waals surface area contributed by atoms with Gasteiger partial charge in [-0.3, -0.25) is 4.79 Å². The molecule has 1 atom stereocenters. The Kier molecular flexibility index (Phi) is 3.76. The van der Waals surface area contributed by atoms with E-state index in [2.05, 4.69) is 17.1 Å². The van der Waals surface area contributed by atoms with Crippen molar-refractivity contribution in [1.29, 1.82) is 0 Å². The van der Waals surface area contributed by atoms with E-state index in [0.29, 0.717) is 23.4 Å². The molecule has 6 heteroatoms. The van der Waals surface area contributed by atoms with Crippen molar-refractivity contribution in [3.05, 3.63) is 9.47 Å². The van der Waals surface area contributed by atoms with Crippen molar-refractivity contribution in [2.24, 2.45) is 5.92 Å². The van der Waals surface area contributed by atoms with Gasteiger partial charge in [-0.15, -0.1) is 10.2 Å². The predicted molar refractivity (Wildman–Crippen MR) is 63.4 cm³/mol. The zero-order valence-electron chi connectivity index (χ0n) is 9.15. The maximum absolute atomic E-state index is 11.7. The molecule has 0 bridgehead atoms. The Labute approximate surface area is 104 Å². The minimum atomic E-state index is 0.227. The average molecular weight is 260 g/mol. The Bertz CT molecular complexity index is 382. The van der Waals surface area contributed by atoms with Crippen LogP contribution in [0.4, 0.5) is 0 Å². The number of aromatic nitrogens is 2. The third-order valence-electron chi connectivity index (χ3n) is 2.76. The number of hydrogen-bond donors (Lipinski definition) is 0. The fourth-order valence-corrected chi connectivity index (χ4v) is 2.95. The van der Waals surface area contributed by atoms with Crippen LogP contribution in [-0.2, 0) is 11.3 Å². The molecule has 0 spiro atoms. The van der Waals surface area contributed by atoms with Crippen LogP contribution in [-0.4, -0.2) is 27.5 Å². The van der Waals surface area contributed by atoms with Gasteiger partial charge >= 0.3 is 0 Å². The first kappa shape index (κ1) is 11.8. The number of hydrogen-bond acceptors (Lipinski definition) is 4. The molecule has 16 heavy (non-hydrogen) atoms. The van der Waals surface area contributed by atoms with Gasteiger partial charge < -0.3 is 4.90 Å². The van der Waals surface area contributed by atoms with Crippen LogP contribution >= 0.6 is 22.9 Å². The first-order valence-electron chi connectivity index (χ1n) is 5.44. The minimum Gasteiger partial charge on any atom is -0.336 e. The molecule has 1 saturated heterocycles. The second kappa shape index (κ2) is 5.10. The summed E-state index contributed by atoms with van der Waals surface area (Å²) in [6.45, 7) is 3.56. The molecular formula is C10H14ClN3OS. The number of carbonyl (C=O) groups excluding carboxylic acids is 1. The molecule has 1 unspecified atom stereocenters. The van der Waals surface area contributed by atoms with E-state index in [-0.39, 0.29) is 5.91 Å². The van der Waals surface area contributed by atoms with Gasteiger partial charge in [0, 0.05) is 13.0 Å². The third kappa shape index (κ3) is 2.71. The highest BCUT2D eigenvalue weighted by molar-refractivity contribution is 7.15. The standard InChI is InChI=1S/C10H14ClN3OS/c1-2-3-7-4-9(15)14(5-7)6-8-12-13-10(11)16-8/h7H,2-6H2,1H3. The molecule has 88 valence electrons. The second-order valence-electron chi connectivity index (χ2n) is 4.08. The number of carbonyl (C=O) groups is 1. The van der Waals surface area contributed by atoms with E-state index in [1.54, 1.807) is 0 Å². The van der Waals surface area contributed by atoms with E-state index in [1.165, 1.54) is 11.3 Å². The molecule has 0 N–H and O–H groups in total. The number of nitrogens with zero attached hydrogens (tertiary/aromatic N) is 3. The van der Waals surface area contributed by atoms with Gasteiger partial charge in [0.05, 0.1) is 6.54 Å². The van der Waals surface area contributed by atoms with E-state index in [4.69, 9.17) is 11.6 Å². The molecule has 1 aromatic heterocycles. The van der Waals surface area contributed by atoms with Gasteiger partial charge in [-0.2, -0.15) is 0 Å². The van der Waals surface area contributed by atoms with Crippen LogP contribution in [0, 0.1) is 5.92 Å². The van der Waals surface area contributed by atoms with Crippen LogP contribution in [0.25, 0.3) is 0 Å². The molecule has 2 rings (SSSR count). The van der Waals surface area contributed by atoms with Crippen molar-refractivity contribution in [3.63, 3.8) is 0 Å². The molecule has 1 aliphatic rings. The van der Waals surface area contributed by atoms with Gasteiger partial charge in [-0.25, -0.2) is 0 Å². The molecule has 1 fully saturated rings. The van der Waals surface area contributed by atoms with Gasteiger partial charge in [-0.05, 0) is 23.9 Å². The second-order valence-corrected chi connectivity index (χ2v) is 5.73. The van der Waals surface area contributed by atoms with Crippen molar-refractivity contribution >= 4 is 28.8 Å². The van der Waals surface area contributed by atoms with Crippen LogP contribution in [0.1, 0.15) is 31.2 Å². The summed E-state index contributed by atoms with van der Waals surface area (Å²) in [4.78, 5) is 13.6. The monoisotopic (exact) mass is 259 g/mol. The van der Waals surface area contributed by atoms with E-state index >= 15 is 0 Å². The molecule has 0 radical (unpaired) electrons. The summed E-state index contributed by atoms with van der Waals surface area (Å²) in [5, 5.41) is 8.48. The number of amides is 1. The summed E-state index contributed by atoms with van der Waals surface area (Å²) < 4.78 is 0.437. The molecule has 1 aliphatic heterocycles. The van der Waals surface area contributed by atoms with Gasteiger partial charge in [0.25, 0.3) is 0 Å². The average Bonchev–Trinajstić information content (AvgIpc) is 2.76. The third-order valence-corrected chi connectivity index (χ3v) is 3.76. The van der Waals surface area contributed by atoms with E-state index in [0.717, 1.165) is 24.4 Å². The summed E-state index contributed by atoms with van der Waals surface area (Å²) in [6.07, 6.45) is 2.94. The first-order valence-corrected chi connectivity index (χ1v) is 6.64. The molecule has 0 saturated carbocycles. The van der Waals surface area contributed by atoms with Gasteiger partial charge in [0.1, 0.15) is 5.01 Å². The normalized spacial score (nSPS) is 20.8. The largest absolute Gasteiger partial charge is 0.336 e. The predicted octanol–water partition coefficient (Wildman–Crippen LogP) is 2.34. The van der Waals surface area contributed by atoms with Crippen molar-refractivity contribution in [2.45, 2.75) is 32.7 Å². The van der Waals surface area contributed by atoms with Crippen LogP contribution in [0.2, 0.25) is 4.47 Å². The maximum Gasteiger partial charge on any atom is 0.223 e. The van der Waals surface area contributed by atoms with Crippen LogP contribution in [0.15, 0.2) is 0 Å². The van der Waals surface area contributed by atoms with Gasteiger partial charge in [0.15, 0.2) is 0 Å². The topological polar surface area (TPSA) is 46.1 Å². The lowest BCUT2D eigenvalue weighted by molar-refractivity contribution is -0.128. The van der Waals surface area contributed by atoms with Crippen molar-refractivity contribution in [2.75, 3.05) is 6.54 Å².